The zero-order valence-corrected chi connectivity index (χ0v) is 11.6. The molecular formula is C14H24N4. The third-order valence-corrected chi connectivity index (χ3v) is 3.97. The first-order valence-corrected chi connectivity index (χ1v) is 6.89. The highest BCUT2D eigenvalue weighted by Crippen LogP contribution is 2.29. The molecule has 3 atom stereocenters. The van der Waals surface area contributed by atoms with Crippen LogP contribution in [0.1, 0.15) is 33.6 Å². The van der Waals surface area contributed by atoms with Gasteiger partial charge in [-0.2, -0.15) is 5.10 Å². The first-order chi connectivity index (χ1) is 8.66. The Bertz CT molecular complexity index is 383. The Morgan fingerprint density at radius 1 is 1.56 bits per heavy atom. The Hall–Kier alpha value is -1.16. The maximum Gasteiger partial charge on any atom is 0.137 e. The van der Waals surface area contributed by atoms with Crippen LogP contribution in [-0.2, 0) is 6.54 Å². The predicted molar refractivity (Wildman–Crippen MR) is 73.1 cm³/mol. The van der Waals surface area contributed by atoms with Gasteiger partial charge in [0.2, 0.25) is 0 Å². The van der Waals surface area contributed by atoms with E-state index in [1.54, 1.807) is 18.2 Å². The van der Waals surface area contributed by atoms with Crippen LogP contribution in [0.15, 0.2) is 24.3 Å². The molecule has 1 heterocycles. The van der Waals surface area contributed by atoms with E-state index in [0.29, 0.717) is 12.0 Å². The van der Waals surface area contributed by atoms with Crippen molar-refractivity contribution in [3.63, 3.8) is 0 Å². The number of nitrogens with zero attached hydrogens (tertiary/aromatic N) is 3. The molecule has 0 saturated heterocycles. The summed E-state index contributed by atoms with van der Waals surface area (Å²) in [5, 5.41) is 7.76. The first-order valence-electron chi connectivity index (χ1n) is 6.89. The van der Waals surface area contributed by atoms with Gasteiger partial charge in [0.05, 0.1) is 6.54 Å². The molecule has 2 rings (SSSR count). The van der Waals surface area contributed by atoms with E-state index in [-0.39, 0.29) is 0 Å². The Kier molecular flexibility index (Phi) is 4.53. The summed E-state index contributed by atoms with van der Waals surface area (Å²) >= 11 is 0. The van der Waals surface area contributed by atoms with E-state index in [9.17, 15) is 0 Å². The van der Waals surface area contributed by atoms with Gasteiger partial charge in [0.1, 0.15) is 12.7 Å². The number of allylic oxidation sites excluding steroid dienone is 1. The summed E-state index contributed by atoms with van der Waals surface area (Å²) in [5.74, 6) is 1.48. The number of rotatable bonds is 5. The van der Waals surface area contributed by atoms with E-state index in [1.165, 1.54) is 12.8 Å². The molecule has 4 heteroatoms. The molecule has 18 heavy (non-hydrogen) atoms. The summed E-state index contributed by atoms with van der Waals surface area (Å²) in [6.45, 7) is 8.78. The number of hydrogen-bond donors (Lipinski definition) is 1. The van der Waals surface area contributed by atoms with Crippen LogP contribution in [-0.4, -0.2) is 27.4 Å². The molecule has 1 aromatic heterocycles. The molecule has 1 aliphatic carbocycles. The second-order valence-corrected chi connectivity index (χ2v) is 5.54. The lowest BCUT2D eigenvalue weighted by Crippen LogP contribution is -2.37. The van der Waals surface area contributed by atoms with Gasteiger partial charge in [0.15, 0.2) is 0 Å². The maximum atomic E-state index is 4.14. The van der Waals surface area contributed by atoms with E-state index in [0.717, 1.165) is 19.0 Å². The second kappa shape index (κ2) is 6.14. The Morgan fingerprint density at radius 3 is 3.06 bits per heavy atom. The average molecular weight is 248 g/mol. The third-order valence-electron chi connectivity index (χ3n) is 3.97. The molecule has 0 unspecified atom stereocenters. The van der Waals surface area contributed by atoms with Gasteiger partial charge in [-0.25, -0.2) is 4.98 Å². The van der Waals surface area contributed by atoms with Crippen LogP contribution in [0.3, 0.4) is 0 Å². The molecule has 0 fully saturated rings. The van der Waals surface area contributed by atoms with Gasteiger partial charge >= 0.3 is 0 Å². The third kappa shape index (κ3) is 3.42. The summed E-state index contributed by atoms with van der Waals surface area (Å²) in [4.78, 5) is 3.96. The van der Waals surface area contributed by atoms with Crippen molar-refractivity contribution < 1.29 is 0 Å². The van der Waals surface area contributed by atoms with Crippen molar-refractivity contribution in [2.24, 2.45) is 11.8 Å². The highest BCUT2D eigenvalue weighted by atomic mass is 15.3. The molecule has 4 nitrogen and oxygen atoms in total. The fourth-order valence-corrected chi connectivity index (χ4v) is 2.74. The lowest BCUT2D eigenvalue weighted by molar-refractivity contribution is 0.327. The smallest absolute Gasteiger partial charge is 0.137 e. The molecule has 0 radical (unpaired) electrons. The van der Waals surface area contributed by atoms with Crippen LogP contribution >= 0.6 is 0 Å². The molecule has 0 saturated carbocycles. The van der Waals surface area contributed by atoms with Crippen LogP contribution in [0.25, 0.3) is 0 Å². The molecule has 0 bridgehead atoms. The Labute approximate surface area is 109 Å². The normalized spacial score (nSPS) is 25.8. The minimum Gasteiger partial charge on any atom is -0.312 e. The van der Waals surface area contributed by atoms with Crippen LogP contribution in [0.4, 0.5) is 0 Å². The van der Waals surface area contributed by atoms with Gasteiger partial charge in [-0.05, 0) is 38.5 Å². The molecule has 0 amide bonds. The van der Waals surface area contributed by atoms with Gasteiger partial charge < -0.3 is 5.32 Å². The summed E-state index contributed by atoms with van der Waals surface area (Å²) in [6.07, 6.45) is 8.32. The summed E-state index contributed by atoms with van der Waals surface area (Å²) < 4.78 is 1.88. The molecule has 0 aliphatic heterocycles. The average Bonchev–Trinajstić information content (AvgIpc) is 2.81. The van der Waals surface area contributed by atoms with Crippen LogP contribution in [0.2, 0.25) is 0 Å². The zero-order chi connectivity index (χ0) is 13.0. The van der Waals surface area contributed by atoms with Crippen molar-refractivity contribution in [3.8, 4) is 0 Å². The Balaban J connectivity index is 1.80. The van der Waals surface area contributed by atoms with Gasteiger partial charge in [-0.3, -0.25) is 4.68 Å². The molecule has 0 spiro atoms. The fourth-order valence-electron chi connectivity index (χ4n) is 2.74. The summed E-state index contributed by atoms with van der Waals surface area (Å²) in [7, 11) is 0. The van der Waals surface area contributed by atoms with Crippen LogP contribution < -0.4 is 5.32 Å². The summed E-state index contributed by atoms with van der Waals surface area (Å²) in [5.41, 5.74) is 1.55. The predicted octanol–water partition coefficient (Wildman–Crippen LogP) is 2.25. The van der Waals surface area contributed by atoms with Crippen molar-refractivity contribution in [1.29, 1.82) is 0 Å². The lowest BCUT2D eigenvalue weighted by atomic mass is 9.80. The summed E-state index contributed by atoms with van der Waals surface area (Å²) in [6, 6.07) is 0.425. The van der Waals surface area contributed by atoms with Gasteiger partial charge in [0.25, 0.3) is 0 Å². The van der Waals surface area contributed by atoms with Crippen LogP contribution in [0, 0.1) is 11.8 Å². The standard InChI is InChI=1S/C14H24N4/c1-11-5-4-6-12(2)14(11)7-16-13(3)8-18-10-15-9-17-18/h5,9-10,12-14,16H,4,6-8H2,1-3H3/t12-,13-,14-/m0/s1. The second-order valence-electron chi connectivity index (χ2n) is 5.54. The van der Waals surface area contributed by atoms with Gasteiger partial charge in [-0.1, -0.05) is 18.6 Å². The topological polar surface area (TPSA) is 42.7 Å². The maximum absolute atomic E-state index is 4.14. The van der Waals surface area contributed by atoms with Crippen LogP contribution in [0.5, 0.6) is 0 Å². The van der Waals surface area contributed by atoms with Crippen molar-refractivity contribution >= 4 is 0 Å². The molecule has 100 valence electrons. The minimum atomic E-state index is 0.425. The van der Waals surface area contributed by atoms with E-state index in [2.05, 4.69) is 42.2 Å². The van der Waals surface area contributed by atoms with E-state index in [1.807, 2.05) is 4.68 Å². The highest BCUT2D eigenvalue weighted by molar-refractivity contribution is 5.09. The Morgan fingerprint density at radius 2 is 2.39 bits per heavy atom. The number of aromatic nitrogens is 3. The monoisotopic (exact) mass is 248 g/mol. The molecule has 0 aromatic carbocycles. The zero-order valence-electron chi connectivity index (χ0n) is 11.6. The fraction of sp³-hybridized carbons (Fsp3) is 0.714. The van der Waals surface area contributed by atoms with Crippen molar-refractivity contribution in [2.75, 3.05) is 6.54 Å². The lowest BCUT2D eigenvalue weighted by Gasteiger charge is -2.30. The van der Waals surface area contributed by atoms with E-state index in [4.69, 9.17) is 0 Å². The molecular weight excluding hydrogens is 224 g/mol. The van der Waals surface area contributed by atoms with Crippen molar-refractivity contribution in [2.45, 2.75) is 46.2 Å². The quantitative estimate of drug-likeness (QED) is 0.813. The van der Waals surface area contributed by atoms with E-state index < -0.39 is 0 Å². The van der Waals surface area contributed by atoms with Gasteiger partial charge in [0, 0.05) is 12.6 Å². The largest absolute Gasteiger partial charge is 0.312 e. The first kappa shape index (κ1) is 13.3. The van der Waals surface area contributed by atoms with Crippen molar-refractivity contribution in [1.82, 2.24) is 20.1 Å². The highest BCUT2D eigenvalue weighted by Gasteiger charge is 2.22. The molecule has 1 N–H and O–H groups in total. The SMILES string of the molecule is CC1=CCC[C@H](C)[C@H]1CN[C@@H](C)Cn1cncn1. The number of nitrogens with one attached hydrogen (secondary N) is 1. The van der Waals surface area contributed by atoms with Crippen molar-refractivity contribution in [3.05, 3.63) is 24.3 Å². The molecule has 1 aromatic rings. The van der Waals surface area contributed by atoms with E-state index >= 15 is 0 Å². The molecule has 1 aliphatic rings. The van der Waals surface area contributed by atoms with Gasteiger partial charge in [-0.15, -0.1) is 0 Å². The minimum absolute atomic E-state index is 0.425. The number of hydrogen-bond acceptors (Lipinski definition) is 3.